The molecule has 1 fully saturated rings. The molecule has 0 bridgehead atoms. The molecule has 1 amide bonds. The van der Waals surface area contributed by atoms with Gasteiger partial charge in [-0.15, -0.1) is 0 Å². The molecule has 0 saturated carbocycles. The lowest BCUT2D eigenvalue weighted by Crippen LogP contribution is -2.37. The van der Waals surface area contributed by atoms with Crippen molar-refractivity contribution in [1.82, 2.24) is 4.90 Å². The molecule has 0 aromatic heterocycles. The van der Waals surface area contributed by atoms with Gasteiger partial charge in [-0.25, -0.2) is 4.79 Å². The number of hydrogen-bond acceptors (Lipinski definition) is 3. The third kappa shape index (κ3) is 3.70. The van der Waals surface area contributed by atoms with Crippen molar-refractivity contribution in [2.45, 2.75) is 45.1 Å². The Balaban J connectivity index is 2.30. The summed E-state index contributed by atoms with van der Waals surface area (Å²) in [7, 11) is 0. The van der Waals surface area contributed by atoms with Crippen LogP contribution < -0.4 is 5.73 Å². The van der Waals surface area contributed by atoms with E-state index in [2.05, 4.69) is 6.92 Å². The molecule has 0 aromatic rings. The van der Waals surface area contributed by atoms with E-state index in [9.17, 15) is 4.79 Å². The Morgan fingerprint density at radius 1 is 1.60 bits per heavy atom. The maximum absolute atomic E-state index is 11.7. The van der Waals surface area contributed by atoms with E-state index in [4.69, 9.17) is 10.5 Å². The number of likely N-dealkylation sites (tertiary alicyclic amines) is 1. The highest BCUT2D eigenvalue weighted by Crippen LogP contribution is 2.20. The molecule has 4 heteroatoms. The van der Waals surface area contributed by atoms with Crippen LogP contribution in [0.3, 0.4) is 0 Å². The monoisotopic (exact) mass is 214 g/mol. The van der Waals surface area contributed by atoms with Gasteiger partial charge < -0.3 is 15.4 Å². The zero-order valence-electron chi connectivity index (χ0n) is 9.58. The van der Waals surface area contributed by atoms with Gasteiger partial charge in [0.25, 0.3) is 0 Å². The molecule has 0 aromatic carbocycles. The summed E-state index contributed by atoms with van der Waals surface area (Å²) in [4.78, 5) is 13.5. The zero-order valence-corrected chi connectivity index (χ0v) is 9.58. The number of nitrogens with zero attached hydrogens (tertiary/aromatic N) is 1. The molecule has 1 saturated heterocycles. The summed E-state index contributed by atoms with van der Waals surface area (Å²) in [5, 5.41) is 0. The van der Waals surface area contributed by atoms with Gasteiger partial charge in [0, 0.05) is 12.6 Å². The Labute approximate surface area is 91.8 Å². The minimum absolute atomic E-state index is 0.153. The molecule has 1 rings (SSSR count). The highest BCUT2D eigenvalue weighted by atomic mass is 16.6. The van der Waals surface area contributed by atoms with Crippen molar-refractivity contribution in [3.8, 4) is 0 Å². The van der Waals surface area contributed by atoms with Gasteiger partial charge in [0.1, 0.15) is 0 Å². The van der Waals surface area contributed by atoms with Gasteiger partial charge in [0.05, 0.1) is 6.61 Å². The van der Waals surface area contributed by atoms with Crippen LogP contribution in [0.25, 0.3) is 0 Å². The van der Waals surface area contributed by atoms with Crippen molar-refractivity contribution in [1.29, 1.82) is 0 Å². The number of unbranched alkanes of at least 4 members (excludes halogenated alkanes) is 1. The van der Waals surface area contributed by atoms with Crippen LogP contribution in [0.15, 0.2) is 0 Å². The minimum Gasteiger partial charge on any atom is -0.449 e. The van der Waals surface area contributed by atoms with Crippen LogP contribution in [0.4, 0.5) is 4.79 Å². The van der Waals surface area contributed by atoms with Gasteiger partial charge in [-0.3, -0.25) is 0 Å². The van der Waals surface area contributed by atoms with E-state index < -0.39 is 0 Å². The maximum Gasteiger partial charge on any atom is 0.410 e. The molecule has 1 aliphatic heterocycles. The smallest absolute Gasteiger partial charge is 0.410 e. The third-order valence-electron chi connectivity index (χ3n) is 2.83. The Bertz CT molecular complexity index is 197. The molecule has 0 aliphatic carbocycles. The second-order valence-electron chi connectivity index (χ2n) is 4.03. The Morgan fingerprint density at radius 2 is 2.40 bits per heavy atom. The van der Waals surface area contributed by atoms with E-state index in [1.165, 1.54) is 0 Å². The molecule has 2 N–H and O–H groups in total. The van der Waals surface area contributed by atoms with Crippen LogP contribution in [-0.2, 0) is 4.74 Å². The van der Waals surface area contributed by atoms with Gasteiger partial charge in [-0.2, -0.15) is 0 Å². The van der Waals surface area contributed by atoms with Crippen molar-refractivity contribution in [2.75, 3.05) is 19.7 Å². The summed E-state index contributed by atoms with van der Waals surface area (Å²) < 4.78 is 5.19. The fourth-order valence-electron chi connectivity index (χ4n) is 1.96. The van der Waals surface area contributed by atoms with Gasteiger partial charge in [-0.1, -0.05) is 13.3 Å². The SMILES string of the molecule is CCCCOC(=O)N1CCCC1CCN. The lowest BCUT2D eigenvalue weighted by Gasteiger charge is -2.23. The summed E-state index contributed by atoms with van der Waals surface area (Å²) in [6.45, 7) is 4.10. The Hall–Kier alpha value is -0.770. The fourth-order valence-corrected chi connectivity index (χ4v) is 1.96. The lowest BCUT2D eigenvalue weighted by atomic mass is 10.1. The highest BCUT2D eigenvalue weighted by Gasteiger charge is 2.28. The topological polar surface area (TPSA) is 55.6 Å². The van der Waals surface area contributed by atoms with Crippen LogP contribution in [-0.4, -0.2) is 36.7 Å². The first-order chi connectivity index (χ1) is 7.29. The quantitative estimate of drug-likeness (QED) is 0.709. The highest BCUT2D eigenvalue weighted by molar-refractivity contribution is 5.68. The largest absolute Gasteiger partial charge is 0.449 e. The Kier molecular flexibility index (Phi) is 5.47. The molecule has 1 atom stereocenters. The molecule has 1 heterocycles. The van der Waals surface area contributed by atoms with Crippen molar-refractivity contribution < 1.29 is 9.53 Å². The van der Waals surface area contributed by atoms with E-state index in [0.717, 1.165) is 38.6 Å². The molecule has 15 heavy (non-hydrogen) atoms. The maximum atomic E-state index is 11.7. The van der Waals surface area contributed by atoms with E-state index in [1.807, 2.05) is 4.90 Å². The summed E-state index contributed by atoms with van der Waals surface area (Å²) in [5.74, 6) is 0. The third-order valence-corrected chi connectivity index (χ3v) is 2.83. The summed E-state index contributed by atoms with van der Waals surface area (Å²) in [5.41, 5.74) is 5.51. The van der Waals surface area contributed by atoms with Crippen LogP contribution in [0, 0.1) is 0 Å². The first kappa shape index (κ1) is 12.3. The molecule has 0 radical (unpaired) electrons. The molecule has 0 spiro atoms. The second kappa shape index (κ2) is 6.67. The lowest BCUT2D eigenvalue weighted by molar-refractivity contribution is 0.0959. The van der Waals surface area contributed by atoms with E-state index in [0.29, 0.717) is 19.2 Å². The first-order valence-electron chi connectivity index (χ1n) is 5.93. The minimum atomic E-state index is -0.153. The van der Waals surface area contributed by atoms with Crippen LogP contribution in [0.2, 0.25) is 0 Å². The van der Waals surface area contributed by atoms with Crippen molar-refractivity contribution in [2.24, 2.45) is 5.73 Å². The van der Waals surface area contributed by atoms with Crippen LogP contribution >= 0.6 is 0 Å². The molecular weight excluding hydrogens is 192 g/mol. The molecular formula is C11H22N2O2. The number of rotatable bonds is 5. The average Bonchev–Trinajstić information content (AvgIpc) is 2.67. The number of ether oxygens (including phenoxy) is 1. The predicted molar refractivity (Wildman–Crippen MR) is 59.7 cm³/mol. The van der Waals surface area contributed by atoms with Crippen molar-refractivity contribution in [3.05, 3.63) is 0 Å². The number of hydrogen-bond donors (Lipinski definition) is 1. The number of amides is 1. The zero-order chi connectivity index (χ0) is 11.1. The Morgan fingerprint density at radius 3 is 3.07 bits per heavy atom. The predicted octanol–water partition coefficient (Wildman–Crippen LogP) is 1.74. The van der Waals surface area contributed by atoms with E-state index >= 15 is 0 Å². The van der Waals surface area contributed by atoms with Crippen LogP contribution in [0.1, 0.15) is 39.0 Å². The standard InChI is InChI=1S/C11H22N2O2/c1-2-3-9-15-11(14)13-8-4-5-10(13)6-7-12/h10H,2-9,12H2,1H3. The van der Waals surface area contributed by atoms with E-state index in [1.54, 1.807) is 0 Å². The first-order valence-corrected chi connectivity index (χ1v) is 5.93. The van der Waals surface area contributed by atoms with Gasteiger partial charge in [-0.05, 0) is 32.2 Å². The molecule has 88 valence electrons. The van der Waals surface area contributed by atoms with Crippen molar-refractivity contribution >= 4 is 6.09 Å². The number of carbonyl (C=O) groups is 1. The van der Waals surface area contributed by atoms with Gasteiger partial charge in [0.2, 0.25) is 0 Å². The molecule has 1 aliphatic rings. The van der Waals surface area contributed by atoms with E-state index in [-0.39, 0.29) is 6.09 Å². The molecule has 4 nitrogen and oxygen atoms in total. The number of nitrogens with two attached hydrogens (primary N) is 1. The summed E-state index contributed by atoms with van der Waals surface area (Å²) in [6.07, 6.45) is 4.89. The van der Waals surface area contributed by atoms with Gasteiger partial charge >= 0.3 is 6.09 Å². The normalized spacial score (nSPS) is 20.7. The average molecular weight is 214 g/mol. The van der Waals surface area contributed by atoms with Crippen molar-refractivity contribution in [3.63, 3.8) is 0 Å². The summed E-state index contributed by atoms with van der Waals surface area (Å²) in [6, 6.07) is 0.309. The molecule has 1 unspecified atom stereocenters. The second-order valence-corrected chi connectivity index (χ2v) is 4.03. The number of carbonyl (C=O) groups excluding carboxylic acids is 1. The van der Waals surface area contributed by atoms with Gasteiger partial charge in [0.15, 0.2) is 0 Å². The summed E-state index contributed by atoms with van der Waals surface area (Å²) >= 11 is 0. The van der Waals surface area contributed by atoms with Crippen LogP contribution in [0.5, 0.6) is 0 Å². The fraction of sp³-hybridized carbons (Fsp3) is 0.909.